The van der Waals surface area contributed by atoms with Crippen LogP contribution in [0.2, 0.25) is 0 Å². The van der Waals surface area contributed by atoms with E-state index in [0.29, 0.717) is 19.8 Å². The van der Waals surface area contributed by atoms with E-state index in [0.717, 1.165) is 31.8 Å². The van der Waals surface area contributed by atoms with Gasteiger partial charge in [0, 0.05) is 31.7 Å². The van der Waals surface area contributed by atoms with E-state index >= 15 is 0 Å². The van der Waals surface area contributed by atoms with Crippen LogP contribution < -0.4 is 5.32 Å². The highest BCUT2D eigenvalue weighted by Gasteiger charge is 2.36. The molecule has 2 fully saturated rings. The maximum Gasteiger partial charge on any atom is 0.433 e. The van der Waals surface area contributed by atoms with Crippen molar-refractivity contribution >= 4 is 11.7 Å². The van der Waals surface area contributed by atoms with Gasteiger partial charge in [0.25, 0.3) is 0 Å². The molecule has 3 rings (SSSR count). The van der Waals surface area contributed by atoms with Crippen LogP contribution in [0, 0.1) is 0 Å². The molecule has 0 bridgehead atoms. The van der Waals surface area contributed by atoms with Gasteiger partial charge in [-0.1, -0.05) is 0 Å². The number of anilines is 1. The number of pyridine rings is 1. The Hall–Kier alpha value is -1.87. The summed E-state index contributed by atoms with van der Waals surface area (Å²) in [6.45, 7) is 5.69. The van der Waals surface area contributed by atoms with Crippen molar-refractivity contribution in [3.8, 4) is 0 Å². The number of rotatable bonds is 2. The fraction of sp³-hybridized carbons (Fsp3) is 0.625. The van der Waals surface area contributed by atoms with Crippen molar-refractivity contribution in [1.29, 1.82) is 0 Å². The third-order valence-corrected chi connectivity index (χ3v) is 4.68. The SMILES string of the molecule is CC1CC(N2CCOCC2)CN1C(=O)Nc1ccc(C(F)(F)F)nc1. The van der Waals surface area contributed by atoms with Crippen LogP contribution in [-0.4, -0.2) is 65.7 Å². The van der Waals surface area contributed by atoms with E-state index in [4.69, 9.17) is 4.74 Å². The van der Waals surface area contributed by atoms with E-state index in [1.807, 2.05) is 6.92 Å². The van der Waals surface area contributed by atoms with Gasteiger partial charge in [0.2, 0.25) is 0 Å². The molecule has 2 amide bonds. The van der Waals surface area contributed by atoms with E-state index in [2.05, 4.69) is 15.2 Å². The third-order valence-electron chi connectivity index (χ3n) is 4.68. The van der Waals surface area contributed by atoms with Crippen LogP contribution in [0.5, 0.6) is 0 Å². The molecule has 2 aliphatic heterocycles. The number of hydrogen-bond acceptors (Lipinski definition) is 4. The number of carbonyl (C=O) groups excluding carboxylic acids is 1. The molecular formula is C16H21F3N4O2. The van der Waals surface area contributed by atoms with Crippen LogP contribution in [0.25, 0.3) is 0 Å². The minimum atomic E-state index is -4.49. The highest BCUT2D eigenvalue weighted by molar-refractivity contribution is 5.89. The Balaban J connectivity index is 1.59. The van der Waals surface area contributed by atoms with Crippen LogP contribution in [0.15, 0.2) is 18.3 Å². The zero-order chi connectivity index (χ0) is 18.0. The molecule has 1 aromatic rings. The summed E-state index contributed by atoms with van der Waals surface area (Å²) in [5.74, 6) is 0. The number of likely N-dealkylation sites (tertiary alicyclic amines) is 1. The number of hydrogen-bond donors (Lipinski definition) is 1. The van der Waals surface area contributed by atoms with Crippen LogP contribution in [0.1, 0.15) is 19.0 Å². The third kappa shape index (κ3) is 4.21. The first-order valence-electron chi connectivity index (χ1n) is 8.27. The molecule has 6 nitrogen and oxygen atoms in total. The smallest absolute Gasteiger partial charge is 0.379 e. The molecule has 0 aliphatic carbocycles. The summed E-state index contributed by atoms with van der Waals surface area (Å²) < 4.78 is 42.9. The van der Waals surface area contributed by atoms with E-state index in [1.54, 1.807) is 4.90 Å². The van der Waals surface area contributed by atoms with E-state index in [-0.39, 0.29) is 23.8 Å². The molecule has 2 atom stereocenters. The molecule has 0 saturated carbocycles. The predicted octanol–water partition coefficient (Wildman–Crippen LogP) is 2.43. The molecule has 138 valence electrons. The van der Waals surface area contributed by atoms with Crippen molar-refractivity contribution in [2.45, 2.75) is 31.6 Å². The summed E-state index contributed by atoms with van der Waals surface area (Å²) in [7, 11) is 0. The fourth-order valence-electron chi connectivity index (χ4n) is 3.32. The second-order valence-corrected chi connectivity index (χ2v) is 6.40. The Bertz CT molecular complexity index is 602. The molecule has 2 aliphatic rings. The van der Waals surface area contributed by atoms with Gasteiger partial charge < -0.3 is 15.0 Å². The number of morpholine rings is 1. The number of nitrogens with one attached hydrogen (secondary N) is 1. The number of nitrogens with zero attached hydrogens (tertiary/aromatic N) is 3. The topological polar surface area (TPSA) is 57.7 Å². The van der Waals surface area contributed by atoms with Crippen molar-refractivity contribution in [2.75, 3.05) is 38.2 Å². The summed E-state index contributed by atoms with van der Waals surface area (Å²) in [5, 5.41) is 2.63. The lowest BCUT2D eigenvalue weighted by molar-refractivity contribution is -0.141. The molecule has 25 heavy (non-hydrogen) atoms. The Morgan fingerprint density at radius 1 is 1.32 bits per heavy atom. The largest absolute Gasteiger partial charge is 0.433 e. The van der Waals surface area contributed by atoms with Crippen LogP contribution in [0.3, 0.4) is 0 Å². The van der Waals surface area contributed by atoms with Gasteiger partial charge >= 0.3 is 12.2 Å². The quantitative estimate of drug-likeness (QED) is 0.882. The van der Waals surface area contributed by atoms with Gasteiger partial charge in [-0.15, -0.1) is 0 Å². The zero-order valence-electron chi connectivity index (χ0n) is 13.9. The molecule has 0 aromatic carbocycles. The Morgan fingerprint density at radius 2 is 2.04 bits per heavy atom. The molecule has 1 N–H and O–H groups in total. The highest BCUT2D eigenvalue weighted by Crippen LogP contribution is 2.28. The lowest BCUT2D eigenvalue weighted by atomic mass is 10.1. The number of ether oxygens (including phenoxy) is 1. The minimum Gasteiger partial charge on any atom is -0.379 e. The maximum absolute atomic E-state index is 12.5. The Morgan fingerprint density at radius 3 is 2.64 bits per heavy atom. The molecule has 2 unspecified atom stereocenters. The van der Waals surface area contributed by atoms with E-state index < -0.39 is 11.9 Å². The maximum atomic E-state index is 12.5. The average molecular weight is 358 g/mol. The Labute approximate surface area is 143 Å². The summed E-state index contributed by atoms with van der Waals surface area (Å²) in [6.07, 6.45) is -2.59. The number of carbonyl (C=O) groups is 1. The molecule has 2 saturated heterocycles. The van der Waals surface area contributed by atoms with Crippen molar-refractivity contribution in [2.24, 2.45) is 0 Å². The second-order valence-electron chi connectivity index (χ2n) is 6.40. The number of halogens is 3. The highest BCUT2D eigenvalue weighted by atomic mass is 19.4. The first kappa shape index (κ1) is 17.9. The van der Waals surface area contributed by atoms with Crippen molar-refractivity contribution in [3.05, 3.63) is 24.0 Å². The number of urea groups is 1. The van der Waals surface area contributed by atoms with Crippen LogP contribution >= 0.6 is 0 Å². The number of alkyl halides is 3. The standard InChI is InChI=1S/C16H21F3N4O2/c1-11-8-13(22-4-6-25-7-5-22)10-23(11)15(24)21-12-2-3-14(20-9-12)16(17,18)19/h2-3,9,11,13H,4-8,10H2,1H3,(H,21,24). The monoisotopic (exact) mass is 358 g/mol. The van der Waals surface area contributed by atoms with E-state index in [1.165, 1.54) is 6.07 Å². The van der Waals surface area contributed by atoms with Gasteiger partial charge in [0.05, 0.1) is 25.1 Å². The summed E-state index contributed by atoms with van der Waals surface area (Å²) >= 11 is 0. The van der Waals surface area contributed by atoms with Gasteiger partial charge in [0.15, 0.2) is 0 Å². The molecular weight excluding hydrogens is 337 g/mol. The average Bonchev–Trinajstić information content (AvgIpc) is 2.97. The lowest BCUT2D eigenvalue weighted by Crippen LogP contribution is -2.45. The Kier molecular flexibility index (Phi) is 5.14. The van der Waals surface area contributed by atoms with Gasteiger partial charge in [-0.2, -0.15) is 13.2 Å². The fourth-order valence-corrected chi connectivity index (χ4v) is 3.32. The second kappa shape index (κ2) is 7.17. The first-order chi connectivity index (χ1) is 11.8. The van der Waals surface area contributed by atoms with Gasteiger partial charge in [-0.25, -0.2) is 9.78 Å². The molecule has 3 heterocycles. The minimum absolute atomic E-state index is 0.0650. The van der Waals surface area contributed by atoms with Crippen molar-refractivity contribution in [3.63, 3.8) is 0 Å². The summed E-state index contributed by atoms with van der Waals surface area (Å²) in [4.78, 5) is 19.9. The van der Waals surface area contributed by atoms with Crippen LogP contribution in [-0.2, 0) is 10.9 Å². The van der Waals surface area contributed by atoms with Gasteiger partial charge in [-0.3, -0.25) is 4.90 Å². The molecule has 1 aromatic heterocycles. The first-order valence-corrected chi connectivity index (χ1v) is 8.27. The normalized spacial score (nSPS) is 25.2. The predicted molar refractivity (Wildman–Crippen MR) is 85.2 cm³/mol. The van der Waals surface area contributed by atoms with E-state index in [9.17, 15) is 18.0 Å². The van der Waals surface area contributed by atoms with Gasteiger partial charge in [-0.05, 0) is 25.5 Å². The number of amides is 2. The zero-order valence-corrected chi connectivity index (χ0v) is 13.9. The van der Waals surface area contributed by atoms with Crippen molar-refractivity contribution < 1.29 is 22.7 Å². The summed E-state index contributed by atoms with van der Waals surface area (Å²) in [5.41, 5.74) is -0.729. The van der Waals surface area contributed by atoms with Gasteiger partial charge in [0.1, 0.15) is 5.69 Å². The van der Waals surface area contributed by atoms with Crippen molar-refractivity contribution in [1.82, 2.24) is 14.8 Å². The lowest BCUT2D eigenvalue weighted by Gasteiger charge is -2.32. The van der Waals surface area contributed by atoms with Crippen LogP contribution in [0.4, 0.5) is 23.7 Å². The molecule has 9 heteroatoms. The summed E-state index contributed by atoms with van der Waals surface area (Å²) in [6, 6.07) is 2.11. The number of aromatic nitrogens is 1. The molecule has 0 spiro atoms. The molecule has 0 radical (unpaired) electrons.